The first-order valence-electron chi connectivity index (χ1n) is 6.73. The molecule has 0 radical (unpaired) electrons. The minimum Gasteiger partial charge on any atom is -0.368 e. The fraction of sp³-hybridized carbons (Fsp3) is 0.533. The summed E-state index contributed by atoms with van der Waals surface area (Å²) in [5.74, 6) is -0.234. The van der Waals surface area contributed by atoms with Gasteiger partial charge in [0.1, 0.15) is 0 Å². The molecule has 0 spiro atoms. The van der Waals surface area contributed by atoms with Crippen molar-refractivity contribution in [2.24, 2.45) is 5.73 Å². The van der Waals surface area contributed by atoms with Crippen LogP contribution in [0.3, 0.4) is 0 Å². The molecule has 0 aromatic heterocycles. The van der Waals surface area contributed by atoms with Crippen LogP contribution in [0.15, 0.2) is 30.3 Å². The molecule has 3 N–H and O–H groups in total. The van der Waals surface area contributed by atoms with Crippen molar-refractivity contribution in [2.45, 2.75) is 51.6 Å². The highest BCUT2D eigenvalue weighted by Gasteiger charge is 2.33. The number of nitrogens with two attached hydrogens (primary N) is 1. The predicted molar refractivity (Wildman–Crippen MR) is 75.0 cm³/mol. The molecule has 1 aromatic carbocycles. The SMILES string of the molecule is CCCC(CCC)(NCc1ccccc1)C(N)=O. The molecule has 0 aliphatic carbocycles. The summed E-state index contributed by atoms with van der Waals surface area (Å²) >= 11 is 0. The van der Waals surface area contributed by atoms with Crippen molar-refractivity contribution in [3.05, 3.63) is 35.9 Å². The van der Waals surface area contributed by atoms with Crippen molar-refractivity contribution in [1.29, 1.82) is 0 Å². The van der Waals surface area contributed by atoms with Gasteiger partial charge in [0.15, 0.2) is 0 Å². The van der Waals surface area contributed by atoms with Crippen LogP contribution >= 0.6 is 0 Å². The van der Waals surface area contributed by atoms with Crippen molar-refractivity contribution >= 4 is 5.91 Å². The summed E-state index contributed by atoms with van der Waals surface area (Å²) in [6, 6.07) is 10.1. The van der Waals surface area contributed by atoms with Gasteiger partial charge in [0.25, 0.3) is 0 Å². The maximum Gasteiger partial charge on any atom is 0.237 e. The van der Waals surface area contributed by atoms with Crippen LogP contribution in [0, 0.1) is 0 Å². The lowest BCUT2D eigenvalue weighted by atomic mass is 9.87. The van der Waals surface area contributed by atoms with Crippen molar-refractivity contribution in [1.82, 2.24) is 5.32 Å². The highest BCUT2D eigenvalue weighted by molar-refractivity contribution is 5.84. The standard InChI is InChI=1S/C15H24N2O/c1-3-10-15(11-4-2,14(16)18)17-12-13-8-6-5-7-9-13/h5-9,17H,3-4,10-12H2,1-2H3,(H2,16,18). The Morgan fingerprint density at radius 1 is 1.17 bits per heavy atom. The molecular formula is C15H24N2O. The average molecular weight is 248 g/mol. The van der Waals surface area contributed by atoms with Crippen LogP contribution < -0.4 is 11.1 Å². The van der Waals surface area contributed by atoms with Gasteiger partial charge in [0.05, 0.1) is 5.54 Å². The molecule has 1 amide bonds. The second-order valence-electron chi connectivity index (χ2n) is 4.79. The van der Waals surface area contributed by atoms with E-state index in [2.05, 4.69) is 31.3 Å². The van der Waals surface area contributed by atoms with Crippen LogP contribution in [-0.2, 0) is 11.3 Å². The third-order valence-electron chi connectivity index (χ3n) is 3.30. The number of primary amides is 1. The first kappa shape index (κ1) is 14.7. The van der Waals surface area contributed by atoms with Gasteiger partial charge in [-0.3, -0.25) is 10.1 Å². The predicted octanol–water partition coefficient (Wildman–Crippen LogP) is 2.60. The molecule has 0 bridgehead atoms. The van der Waals surface area contributed by atoms with Gasteiger partial charge in [-0.25, -0.2) is 0 Å². The lowest BCUT2D eigenvalue weighted by molar-refractivity contribution is -0.125. The highest BCUT2D eigenvalue weighted by Crippen LogP contribution is 2.20. The molecule has 1 aromatic rings. The molecule has 3 nitrogen and oxygen atoms in total. The van der Waals surface area contributed by atoms with Crippen molar-refractivity contribution in [3.8, 4) is 0 Å². The molecule has 0 saturated heterocycles. The highest BCUT2D eigenvalue weighted by atomic mass is 16.1. The van der Waals surface area contributed by atoms with E-state index in [1.54, 1.807) is 0 Å². The Bertz CT molecular complexity index is 356. The van der Waals surface area contributed by atoms with Gasteiger partial charge >= 0.3 is 0 Å². The van der Waals surface area contributed by atoms with Crippen molar-refractivity contribution in [2.75, 3.05) is 0 Å². The third kappa shape index (κ3) is 3.84. The minimum atomic E-state index is -0.556. The molecule has 18 heavy (non-hydrogen) atoms. The summed E-state index contributed by atoms with van der Waals surface area (Å²) in [5.41, 5.74) is 6.23. The number of carbonyl (C=O) groups excluding carboxylic acids is 1. The number of hydrogen-bond donors (Lipinski definition) is 2. The summed E-state index contributed by atoms with van der Waals surface area (Å²) in [6.07, 6.45) is 3.49. The summed E-state index contributed by atoms with van der Waals surface area (Å²) in [5, 5.41) is 3.38. The van der Waals surface area contributed by atoms with E-state index in [4.69, 9.17) is 5.73 Å². The fourth-order valence-corrected chi connectivity index (χ4v) is 2.36. The first-order valence-corrected chi connectivity index (χ1v) is 6.73. The number of rotatable bonds is 8. The van der Waals surface area contributed by atoms with E-state index < -0.39 is 5.54 Å². The van der Waals surface area contributed by atoms with E-state index in [0.717, 1.165) is 25.7 Å². The van der Waals surface area contributed by atoms with E-state index in [0.29, 0.717) is 6.54 Å². The fourth-order valence-electron chi connectivity index (χ4n) is 2.36. The zero-order valence-electron chi connectivity index (χ0n) is 11.4. The molecule has 1 rings (SSSR count). The topological polar surface area (TPSA) is 55.1 Å². The smallest absolute Gasteiger partial charge is 0.237 e. The quantitative estimate of drug-likeness (QED) is 0.743. The van der Waals surface area contributed by atoms with Gasteiger partial charge in [0.2, 0.25) is 5.91 Å². The normalized spacial score (nSPS) is 11.4. The molecule has 0 aliphatic rings. The Hall–Kier alpha value is -1.35. The summed E-state index contributed by atoms with van der Waals surface area (Å²) < 4.78 is 0. The van der Waals surface area contributed by atoms with Gasteiger partial charge < -0.3 is 5.73 Å². The number of benzene rings is 1. The molecule has 3 heteroatoms. The zero-order chi connectivity index (χ0) is 13.4. The van der Waals surface area contributed by atoms with Gasteiger partial charge in [-0.15, -0.1) is 0 Å². The monoisotopic (exact) mass is 248 g/mol. The lowest BCUT2D eigenvalue weighted by Crippen LogP contribution is -2.55. The van der Waals surface area contributed by atoms with Crippen LogP contribution in [0.5, 0.6) is 0 Å². The summed E-state index contributed by atoms with van der Waals surface area (Å²) in [6.45, 7) is 4.85. The van der Waals surface area contributed by atoms with E-state index in [-0.39, 0.29) is 5.91 Å². The van der Waals surface area contributed by atoms with Gasteiger partial charge in [-0.2, -0.15) is 0 Å². The average Bonchev–Trinajstić information content (AvgIpc) is 2.37. The molecular weight excluding hydrogens is 224 g/mol. The number of hydrogen-bond acceptors (Lipinski definition) is 2. The number of carbonyl (C=O) groups is 1. The number of nitrogens with one attached hydrogen (secondary N) is 1. The molecule has 100 valence electrons. The molecule has 0 unspecified atom stereocenters. The van der Waals surface area contributed by atoms with Gasteiger partial charge in [-0.05, 0) is 18.4 Å². The van der Waals surface area contributed by atoms with Crippen LogP contribution in [0.1, 0.15) is 45.1 Å². The van der Waals surface area contributed by atoms with Gasteiger partial charge in [0, 0.05) is 6.54 Å². The minimum absolute atomic E-state index is 0.234. The Balaban J connectivity index is 2.74. The summed E-state index contributed by atoms with van der Waals surface area (Å²) in [4.78, 5) is 11.8. The third-order valence-corrected chi connectivity index (χ3v) is 3.30. The first-order chi connectivity index (χ1) is 8.64. The van der Waals surface area contributed by atoms with Crippen molar-refractivity contribution in [3.63, 3.8) is 0 Å². The molecule has 0 aliphatic heterocycles. The lowest BCUT2D eigenvalue weighted by Gasteiger charge is -2.31. The Kier molecular flexibility index (Phi) is 5.86. The van der Waals surface area contributed by atoms with Crippen LogP contribution in [0.4, 0.5) is 0 Å². The second-order valence-corrected chi connectivity index (χ2v) is 4.79. The maximum atomic E-state index is 11.8. The van der Waals surface area contributed by atoms with E-state index >= 15 is 0 Å². The van der Waals surface area contributed by atoms with E-state index in [9.17, 15) is 4.79 Å². The molecule has 0 atom stereocenters. The van der Waals surface area contributed by atoms with Crippen LogP contribution in [0.25, 0.3) is 0 Å². The molecule has 0 heterocycles. The Morgan fingerprint density at radius 2 is 1.72 bits per heavy atom. The largest absolute Gasteiger partial charge is 0.368 e. The Morgan fingerprint density at radius 3 is 2.17 bits per heavy atom. The summed E-state index contributed by atoms with van der Waals surface area (Å²) in [7, 11) is 0. The van der Waals surface area contributed by atoms with Crippen LogP contribution in [-0.4, -0.2) is 11.4 Å². The second kappa shape index (κ2) is 7.17. The number of amides is 1. The molecule has 0 fully saturated rings. The van der Waals surface area contributed by atoms with Crippen molar-refractivity contribution < 1.29 is 4.79 Å². The van der Waals surface area contributed by atoms with Gasteiger partial charge in [-0.1, -0.05) is 57.0 Å². The van der Waals surface area contributed by atoms with Crippen LogP contribution in [0.2, 0.25) is 0 Å². The van der Waals surface area contributed by atoms with E-state index in [1.165, 1.54) is 5.56 Å². The maximum absolute atomic E-state index is 11.8. The zero-order valence-corrected chi connectivity index (χ0v) is 11.4. The Labute approximate surface area is 110 Å². The van der Waals surface area contributed by atoms with E-state index in [1.807, 2.05) is 18.2 Å². The molecule has 0 saturated carbocycles.